The van der Waals surface area contributed by atoms with Crippen LogP contribution in [0.25, 0.3) is 0 Å². The number of amides is 1. The fraction of sp³-hybridized carbons (Fsp3) is 0.300. The molecule has 29 heavy (non-hydrogen) atoms. The van der Waals surface area contributed by atoms with Crippen LogP contribution in [0.15, 0.2) is 36.4 Å². The van der Waals surface area contributed by atoms with Crippen LogP contribution in [0, 0.1) is 17.0 Å². The number of rotatable bonds is 9. The summed E-state index contributed by atoms with van der Waals surface area (Å²) in [6.07, 6.45) is -0.489. The van der Waals surface area contributed by atoms with E-state index in [9.17, 15) is 24.8 Å². The summed E-state index contributed by atoms with van der Waals surface area (Å²) in [5.74, 6) is -1.15. The molecule has 0 aliphatic heterocycles. The number of nitrogens with zero attached hydrogens (tertiary/aromatic N) is 1. The molecule has 0 heterocycles. The van der Waals surface area contributed by atoms with Gasteiger partial charge in [-0.3, -0.25) is 14.9 Å². The highest BCUT2D eigenvalue weighted by molar-refractivity contribution is 5.95. The maximum absolute atomic E-state index is 12.6. The van der Waals surface area contributed by atoms with Gasteiger partial charge in [-0.25, -0.2) is 0 Å². The van der Waals surface area contributed by atoms with Gasteiger partial charge in [-0.05, 0) is 37.6 Å². The van der Waals surface area contributed by atoms with E-state index in [2.05, 4.69) is 5.32 Å². The topological polar surface area (TPSA) is 131 Å². The summed E-state index contributed by atoms with van der Waals surface area (Å²) >= 11 is 0. The Bertz CT molecular complexity index is 927. The number of nitro groups is 1. The third-order valence-electron chi connectivity index (χ3n) is 4.23. The average molecular weight is 401 g/mol. The number of methoxy groups -OCH3 is 1. The molecule has 9 nitrogen and oxygen atoms in total. The fourth-order valence-electron chi connectivity index (χ4n) is 2.78. The molecule has 0 aliphatic carbocycles. The molecular formula is C20H21N2O7-. The van der Waals surface area contributed by atoms with Crippen molar-refractivity contribution in [3.8, 4) is 11.5 Å². The van der Waals surface area contributed by atoms with Gasteiger partial charge in [-0.15, -0.1) is 0 Å². The number of hydrogen-bond acceptors (Lipinski definition) is 7. The van der Waals surface area contributed by atoms with Crippen LogP contribution in [-0.2, 0) is 4.79 Å². The lowest BCUT2D eigenvalue weighted by atomic mass is 10.0. The van der Waals surface area contributed by atoms with Crippen molar-refractivity contribution in [2.24, 2.45) is 0 Å². The molecule has 0 bridgehead atoms. The lowest BCUT2D eigenvalue weighted by molar-refractivity contribution is -0.385. The predicted octanol–water partition coefficient (Wildman–Crippen LogP) is 1.92. The van der Waals surface area contributed by atoms with Crippen molar-refractivity contribution >= 4 is 17.6 Å². The molecule has 1 unspecified atom stereocenters. The first kappa shape index (κ1) is 21.7. The van der Waals surface area contributed by atoms with Gasteiger partial charge in [0.1, 0.15) is 0 Å². The van der Waals surface area contributed by atoms with Crippen LogP contribution < -0.4 is 19.9 Å². The number of ether oxygens (including phenoxy) is 2. The highest BCUT2D eigenvalue weighted by atomic mass is 16.6. The molecule has 0 saturated carbocycles. The van der Waals surface area contributed by atoms with Gasteiger partial charge >= 0.3 is 0 Å². The quantitative estimate of drug-likeness (QED) is 0.502. The number of hydrogen-bond donors (Lipinski definition) is 1. The van der Waals surface area contributed by atoms with Gasteiger partial charge in [0.2, 0.25) is 0 Å². The Labute approximate surface area is 167 Å². The van der Waals surface area contributed by atoms with E-state index in [4.69, 9.17) is 9.47 Å². The summed E-state index contributed by atoms with van der Waals surface area (Å²) in [5, 5.41) is 24.9. The van der Waals surface area contributed by atoms with Crippen molar-refractivity contribution in [2.75, 3.05) is 13.7 Å². The normalized spacial score (nSPS) is 11.4. The predicted molar refractivity (Wildman–Crippen MR) is 102 cm³/mol. The van der Waals surface area contributed by atoms with E-state index in [1.807, 2.05) is 6.92 Å². The van der Waals surface area contributed by atoms with Crippen LogP contribution in [-0.4, -0.2) is 30.5 Å². The van der Waals surface area contributed by atoms with Crippen molar-refractivity contribution in [3.05, 3.63) is 63.2 Å². The molecule has 0 aromatic heterocycles. The summed E-state index contributed by atoms with van der Waals surface area (Å²) in [6, 6.07) is 7.91. The number of carbonyl (C=O) groups excluding carboxylic acids is 2. The van der Waals surface area contributed by atoms with Crippen LogP contribution in [0.1, 0.15) is 40.9 Å². The molecule has 1 amide bonds. The molecule has 154 valence electrons. The largest absolute Gasteiger partial charge is 0.550 e. The van der Waals surface area contributed by atoms with E-state index < -0.39 is 29.3 Å². The second-order valence-corrected chi connectivity index (χ2v) is 6.20. The van der Waals surface area contributed by atoms with Gasteiger partial charge in [0.15, 0.2) is 11.5 Å². The van der Waals surface area contributed by atoms with E-state index in [1.165, 1.54) is 19.2 Å². The zero-order valence-electron chi connectivity index (χ0n) is 16.3. The van der Waals surface area contributed by atoms with E-state index >= 15 is 0 Å². The summed E-state index contributed by atoms with van der Waals surface area (Å²) in [5.41, 5.74) is 0.721. The Morgan fingerprint density at radius 3 is 2.48 bits per heavy atom. The molecular weight excluding hydrogens is 380 g/mol. The van der Waals surface area contributed by atoms with Crippen LogP contribution >= 0.6 is 0 Å². The molecule has 0 spiro atoms. The standard InChI is InChI=1S/C20H22N2O7/c1-4-29-17-8-7-13(10-18(17)28-3)15(11-19(23)24)21-20(25)14-6-5-12(2)16(9-14)22(26)27/h5-10,15H,4,11H2,1-3H3,(H,21,25)(H,23,24)/p-1. The number of carboxylic acids is 1. The minimum atomic E-state index is -1.36. The highest BCUT2D eigenvalue weighted by Crippen LogP contribution is 2.31. The average Bonchev–Trinajstić information content (AvgIpc) is 2.67. The number of nitro benzene ring substituents is 1. The molecule has 1 atom stereocenters. The van der Waals surface area contributed by atoms with Crippen molar-refractivity contribution < 1.29 is 29.1 Å². The third kappa shape index (κ3) is 5.44. The number of carbonyl (C=O) groups is 2. The number of benzene rings is 2. The van der Waals surface area contributed by atoms with Crippen molar-refractivity contribution in [1.29, 1.82) is 0 Å². The number of aliphatic carboxylic acids is 1. The zero-order chi connectivity index (χ0) is 21.6. The Balaban J connectivity index is 2.34. The van der Waals surface area contributed by atoms with Crippen LogP contribution in [0.3, 0.4) is 0 Å². The van der Waals surface area contributed by atoms with Crippen molar-refractivity contribution in [2.45, 2.75) is 26.3 Å². The van der Waals surface area contributed by atoms with Gasteiger partial charge in [0.05, 0.1) is 24.7 Å². The minimum absolute atomic E-state index is 0.0450. The van der Waals surface area contributed by atoms with Crippen LogP contribution in [0.2, 0.25) is 0 Å². The smallest absolute Gasteiger partial charge is 0.273 e. The molecule has 9 heteroatoms. The molecule has 0 fully saturated rings. The third-order valence-corrected chi connectivity index (χ3v) is 4.23. The van der Waals surface area contributed by atoms with Gasteiger partial charge < -0.3 is 24.7 Å². The zero-order valence-corrected chi connectivity index (χ0v) is 16.3. The second-order valence-electron chi connectivity index (χ2n) is 6.20. The Hall–Kier alpha value is -3.62. The minimum Gasteiger partial charge on any atom is -0.550 e. The molecule has 2 aromatic rings. The van der Waals surface area contributed by atoms with E-state index in [-0.39, 0.29) is 11.3 Å². The molecule has 0 saturated heterocycles. The lowest BCUT2D eigenvalue weighted by Crippen LogP contribution is -2.34. The fourth-order valence-corrected chi connectivity index (χ4v) is 2.78. The molecule has 2 aromatic carbocycles. The maximum atomic E-state index is 12.6. The maximum Gasteiger partial charge on any atom is 0.273 e. The van der Waals surface area contributed by atoms with E-state index in [0.29, 0.717) is 29.2 Å². The summed E-state index contributed by atoms with van der Waals surface area (Å²) in [7, 11) is 1.44. The molecule has 0 radical (unpaired) electrons. The van der Waals surface area contributed by atoms with Gasteiger partial charge in [0.25, 0.3) is 11.6 Å². The first-order valence-corrected chi connectivity index (χ1v) is 8.83. The summed E-state index contributed by atoms with van der Waals surface area (Å²) < 4.78 is 10.7. The first-order chi connectivity index (χ1) is 13.8. The van der Waals surface area contributed by atoms with Gasteiger partial charge in [-0.2, -0.15) is 0 Å². The lowest BCUT2D eigenvalue weighted by Gasteiger charge is -2.21. The number of carboxylic acid groups (broad SMARTS) is 1. The number of aryl methyl sites for hydroxylation is 1. The van der Waals surface area contributed by atoms with Crippen molar-refractivity contribution in [1.82, 2.24) is 5.32 Å². The summed E-state index contributed by atoms with van der Waals surface area (Å²) in [4.78, 5) is 34.3. The molecule has 0 aliphatic rings. The summed E-state index contributed by atoms with van der Waals surface area (Å²) in [6.45, 7) is 3.79. The molecule has 1 N–H and O–H groups in total. The monoisotopic (exact) mass is 401 g/mol. The van der Waals surface area contributed by atoms with Crippen LogP contribution in [0.5, 0.6) is 11.5 Å². The van der Waals surface area contributed by atoms with Crippen LogP contribution in [0.4, 0.5) is 5.69 Å². The van der Waals surface area contributed by atoms with E-state index in [0.717, 1.165) is 6.07 Å². The van der Waals surface area contributed by atoms with Gasteiger partial charge in [0, 0.05) is 29.6 Å². The highest BCUT2D eigenvalue weighted by Gasteiger charge is 2.20. The van der Waals surface area contributed by atoms with E-state index in [1.54, 1.807) is 25.1 Å². The Morgan fingerprint density at radius 1 is 1.17 bits per heavy atom. The molecule has 2 rings (SSSR count). The first-order valence-electron chi connectivity index (χ1n) is 8.83. The van der Waals surface area contributed by atoms with Gasteiger partial charge in [-0.1, -0.05) is 12.1 Å². The van der Waals surface area contributed by atoms with Crippen molar-refractivity contribution in [3.63, 3.8) is 0 Å². The Morgan fingerprint density at radius 2 is 1.90 bits per heavy atom. The second kappa shape index (κ2) is 9.54. The SMILES string of the molecule is CCOc1ccc(C(CC(=O)[O-])NC(=O)c2ccc(C)c([N+](=O)[O-])c2)cc1OC. The Kier molecular flexibility index (Phi) is 7.13. The number of nitrogens with one attached hydrogen (secondary N) is 1.